The maximum Gasteiger partial charge on any atom is 0.0899 e. The minimum Gasteiger partial charge on any atom is -0.382 e. The highest BCUT2D eigenvalue weighted by atomic mass is 32.2. The summed E-state index contributed by atoms with van der Waals surface area (Å²) in [6, 6.07) is 10.4. The Labute approximate surface area is 167 Å². The van der Waals surface area contributed by atoms with Crippen molar-refractivity contribution in [3.8, 4) is 0 Å². The van der Waals surface area contributed by atoms with E-state index in [-0.39, 0.29) is 6.10 Å². The molecule has 0 aliphatic heterocycles. The van der Waals surface area contributed by atoms with Gasteiger partial charge in [-0.3, -0.25) is 0 Å². The number of methoxy groups -OCH3 is 2. The van der Waals surface area contributed by atoms with E-state index in [0.717, 1.165) is 11.5 Å². The lowest BCUT2D eigenvalue weighted by Crippen LogP contribution is -2.26. The van der Waals surface area contributed by atoms with Gasteiger partial charge >= 0.3 is 0 Å². The standard InChI is InChI=1S/C20H34O6S/c1-21-8-10-23-12-13-25-16-20(26-15-14-24-11-9-22-2)18-27-17-19-6-4-3-5-7-19/h3-7,20H,8-18H2,1-2H3. The lowest BCUT2D eigenvalue weighted by atomic mass is 10.2. The van der Waals surface area contributed by atoms with Crippen molar-refractivity contribution in [1.29, 1.82) is 0 Å². The van der Waals surface area contributed by atoms with Crippen molar-refractivity contribution in [3.63, 3.8) is 0 Å². The highest BCUT2D eigenvalue weighted by Crippen LogP contribution is 2.14. The summed E-state index contributed by atoms with van der Waals surface area (Å²) >= 11 is 1.85. The molecule has 0 aliphatic carbocycles. The van der Waals surface area contributed by atoms with Crippen LogP contribution in [0.3, 0.4) is 0 Å². The molecule has 156 valence electrons. The molecule has 0 saturated heterocycles. The zero-order valence-corrected chi connectivity index (χ0v) is 17.4. The van der Waals surface area contributed by atoms with Gasteiger partial charge in [-0.2, -0.15) is 11.8 Å². The molecule has 0 N–H and O–H groups in total. The summed E-state index contributed by atoms with van der Waals surface area (Å²) in [6.45, 7) is 5.15. The Morgan fingerprint density at radius 3 is 2.00 bits per heavy atom. The highest BCUT2D eigenvalue weighted by Gasteiger charge is 2.10. The Bertz CT molecular complexity index is 420. The van der Waals surface area contributed by atoms with Crippen LogP contribution in [-0.4, -0.2) is 85.5 Å². The maximum atomic E-state index is 5.93. The van der Waals surface area contributed by atoms with Crippen LogP contribution in [0.25, 0.3) is 0 Å². The van der Waals surface area contributed by atoms with Gasteiger partial charge in [-0.15, -0.1) is 0 Å². The Hall–Kier alpha value is -0.670. The van der Waals surface area contributed by atoms with Crippen LogP contribution in [0.15, 0.2) is 30.3 Å². The van der Waals surface area contributed by atoms with Crippen LogP contribution in [0.1, 0.15) is 5.56 Å². The Kier molecular flexibility index (Phi) is 16.9. The van der Waals surface area contributed by atoms with Crippen LogP contribution >= 0.6 is 11.8 Å². The molecule has 1 unspecified atom stereocenters. The summed E-state index contributed by atoms with van der Waals surface area (Å²) in [7, 11) is 3.32. The first-order valence-electron chi connectivity index (χ1n) is 9.31. The molecule has 0 spiro atoms. The predicted molar refractivity (Wildman–Crippen MR) is 109 cm³/mol. The molecule has 27 heavy (non-hydrogen) atoms. The number of thioether (sulfide) groups is 1. The first-order chi connectivity index (χ1) is 13.4. The van der Waals surface area contributed by atoms with Gasteiger partial charge in [0.25, 0.3) is 0 Å². The van der Waals surface area contributed by atoms with E-state index >= 15 is 0 Å². The second kappa shape index (κ2) is 18.7. The third kappa shape index (κ3) is 15.0. The number of hydrogen-bond donors (Lipinski definition) is 0. The number of hydrogen-bond acceptors (Lipinski definition) is 7. The first-order valence-corrected chi connectivity index (χ1v) is 10.5. The van der Waals surface area contributed by atoms with E-state index < -0.39 is 0 Å². The molecule has 0 amide bonds. The second-order valence-corrected chi connectivity index (χ2v) is 6.81. The summed E-state index contributed by atoms with van der Waals surface area (Å²) in [5.41, 5.74) is 1.32. The van der Waals surface area contributed by atoms with Crippen molar-refractivity contribution in [2.45, 2.75) is 11.9 Å². The lowest BCUT2D eigenvalue weighted by molar-refractivity contribution is -0.0434. The lowest BCUT2D eigenvalue weighted by Gasteiger charge is -2.18. The van der Waals surface area contributed by atoms with Gasteiger partial charge < -0.3 is 28.4 Å². The Balaban J connectivity index is 2.19. The van der Waals surface area contributed by atoms with Crippen LogP contribution in [0.2, 0.25) is 0 Å². The molecule has 1 rings (SSSR count). The number of rotatable bonds is 19. The van der Waals surface area contributed by atoms with E-state index in [2.05, 4.69) is 24.3 Å². The monoisotopic (exact) mass is 402 g/mol. The number of ether oxygens (including phenoxy) is 6. The molecular formula is C20H34O6S. The van der Waals surface area contributed by atoms with Gasteiger partial charge in [-0.25, -0.2) is 0 Å². The minimum absolute atomic E-state index is 0.0312. The number of benzene rings is 1. The third-order valence-corrected chi connectivity index (χ3v) is 4.68. The van der Waals surface area contributed by atoms with Gasteiger partial charge in [0.15, 0.2) is 0 Å². The molecule has 1 atom stereocenters. The van der Waals surface area contributed by atoms with Crippen LogP contribution in [0, 0.1) is 0 Å². The van der Waals surface area contributed by atoms with Crippen molar-refractivity contribution < 1.29 is 28.4 Å². The quantitative estimate of drug-likeness (QED) is 0.330. The Morgan fingerprint density at radius 1 is 0.741 bits per heavy atom. The van der Waals surface area contributed by atoms with E-state index in [0.29, 0.717) is 59.5 Å². The summed E-state index contributed by atoms with van der Waals surface area (Å²) in [4.78, 5) is 0. The summed E-state index contributed by atoms with van der Waals surface area (Å²) in [5.74, 6) is 1.84. The molecular weight excluding hydrogens is 368 g/mol. The molecule has 0 heterocycles. The first kappa shape index (κ1) is 24.4. The Morgan fingerprint density at radius 2 is 1.33 bits per heavy atom. The van der Waals surface area contributed by atoms with Crippen LogP contribution < -0.4 is 0 Å². The third-order valence-electron chi connectivity index (χ3n) is 3.54. The predicted octanol–water partition coefficient (Wildman–Crippen LogP) is 2.65. The topological polar surface area (TPSA) is 55.4 Å². The van der Waals surface area contributed by atoms with Crippen LogP contribution in [0.4, 0.5) is 0 Å². The molecule has 0 saturated carbocycles. The van der Waals surface area contributed by atoms with Crippen LogP contribution in [0.5, 0.6) is 0 Å². The second-order valence-electron chi connectivity index (χ2n) is 5.78. The van der Waals surface area contributed by atoms with Gasteiger partial charge in [0.1, 0.15) is 0 Å². The fourth-order valence-corrected chi connectivity index (χ4v) is 3.12. The SMILES string of the molecule is COCCOCCOCC(CSCc1ccccc1)OCCOCCOC. The fourth-order valence-electron chi connectivity index (χ4n) is 2.12. The van der Waals surface area contributed by atoms with Gasteiger partial charge in [-0.1, -0.05) is 30.3 Å². The molecule has 0 aliphatic rings. The van der Waals surface area contributed by atoms with Crippen molar-refractivity contribution in [2.24, 2.45) is 0 Å². The average molecular weight is 403 g/mol. The van der Waals surface area contributed by atoms with Gasteiger partial charge in [0, 0.05) is 25.7 Å². The minimum atomic E-state index is 0.0312. The molecule has 0 bridgehead atoms. The molecule has 0 aromatic heterocycles. The zero-order chi connectivity index (χ0) is 19.4. The molecule has 0 fully saturated rings. The summed E-state index contributed by atoms with van der Waals surface area (Å²) in [6.07, 6.45) is 0.0312. The van der Waals surface area contributed by atoms with E-state index in [1.165, 1.54) is 5.56 Å². The maximum absolute atomic E-state index is 5.93. The molecule has 6 nitrogen and oxygen atoms in total. The van der Waals surface area contributed by atoms with Crippen LogP contribution in [-0.2, 0) is 34.2 Å². The van der Waals surface area contributed by atoms with Crippen molar-refractivity contribution in [2.75, 3.05) is 79.4 Å². The summed E-state index contributed by atoms with van der Waals surface area (Å²) in [5, 5.41) is 0. The van der Waals surface area contributed by atoms with Crippen molar-refractivity contribution in [3.05, 3.63) is 35.9 Å². The van der Waals surface area contributed by atoms with Crippen molar-refractivity contribution in [1.82, 2.24) is 0 Å². The molecule has 1 aromatic carbocycles. The molecule has 1 aromatic rings. The van der Waals surface area contributed by atoms with E-state index in [9.17, 15) is 0 Å². The smallest absolute Gasteiger partial charge is 0.0899 e. The van der Waals surface area contributed by atoms with E-state index in [1.54, 1.807) is 14.2 Å². The molecule has 7 heteroatoms. The molecule has 0 radical (unpaired) electrons. The van der Waals surface area contributed by atoms with E-state index in [1.807, 2.05) is 17.8 Å². The van der Waals surface area contributed by atoms with Gasteiger partial charge in [0.05, 0.1) is 65.6 Å². The highest BCUT2D eigenvalue weighted by molar-refractivity contribution is 7.98. The van der Waals surface area contributed by atoms with E-state index in [4.69, 9.17) is 28.4 Å². The largest absolute Gasteiger partial charge is 0.382 e. The average Bonchev–Trinajstić information content (AvgIpc) is 2.70. The van der Waals surface area contributed by atoms with Gasteiger partial charge in [-0.05, 0) is 5.56 Å². The van der Waals surface area contributed by atoms with Crippen molar-refractivity contribution >= 4 is 11.8 Å². The summed E-state index contributed by atoms with van der Waals surface area (Å²) < 4.78 is 32.4. The normalized spacial score (nSPS) is 12.4. The zero-order valence-electron chi connectivity index (χ0n) is 16.6. The van der Waals surface area contributed by atoms with Gasteiger partial charge in [0.2, 0.25) is 0 Å². The fraction of sp³-hybridized carbons (Fsp3) is 0.700.